The van der Waals surface area contributed by atoms with E-state index in [0.29, 0.717) is 5.15 Å². The van der Waals surface area contributed by atoms with Crippen molar-refractivity contribution in [3.8, 4) is 0 Å². The lowest BCUT2D eigenvalue weighted by atomic mass is 10.2. The molecule has 88 valence electrons. The lowest BCUT2D eigenvalue weighted by molar-refractivity contribution is 0.122. The predicted octanol–water partition coefficient (Wildman–Crippen LogP) is 2.12. The summed E-state index contributed by atoms with van der Waals surface area (Å²) in [6.45, 7) is 3.30. The zero-order valence-electron chi connectivity index (χ0n) is 9.27. The first-order valence-electron chi connectivity index (χ1n) is 5.58. The van der Waals surface area contributed by atoms with Crippen molar-refractivity contribution in [2.75, 3.05) is 31.2 Å². The van der Waals surface area contributed by atoms with Crippen LogP contribution in [-0.4, -0.2) is 36.3 Å². The van der Waals surface area contributed by atoms with E-state index in [1.807, 2.05) is 18.2 Å². The van der Waals surface area contributed by atoms with Crippen LogP contribution in [0.25, 0.3) is 10.9 Å². The number of hydrogen-bond donors (Lipinski definition) is 0. The third kappa shape index (κ3) is 2.18. The topological polar surface area (TPSA) is 38.2 Å². The van der Waals surface area contributed by atoms with Gasteiger partial charge >= 0.3 is 0 Å². The third-order valence-corrected chi connectivity index (χ3v) is 3.07. The van der Waals surface area contributed by atoms with Gasteiger partial charge in [-0.25, -0.2) is 9.97 Å². The Labute approximate surface area is 104 Å². The summed E-state index contributed by atoms with van der Waals surface area (Å²) >= 11 is 5.84. The average molecular weight is 250 g/mol. The van der Waals surface area contributed by atoms with Crippen LogP contribution >= 0.6 is 11.6 Å². The fourth-order valence-corrected chi connectivity index (χ4v) is 2.12. The lowest BCUT2D eigenvalue weighted by Crippen LogP contribution is -2.36. The summed E-state index contributed by atoms with van der Waals surface area (Å²) in [5.74, 6) is 0.977. The summed E-state index contributed by atoms with van der Waals surface area (Å²) in [5.41, 5.74) is 0.874. The summed E-state index contributed by atoms with van der Waals surface area (Å²) in [5, 5.41) is 1.51. The first kappa shape index (κ1) is 10.7. The van der Waals surface area contributed by atoms with Crippen molar-refractivity contribution in [1.82, 2.24) is 9.97 Å². The van der Waals surface area contributed by atoms with E-state index in [4.69, 9.17) is 16.3 Å². The fraction of sp³-hybridized carbons (Fsp3) is 0.333. The van der Waals surface area contributed by atoms with E-state index in [1.165, 1.54) is 0 Å². The molecule has 0 spiro atoms. The van der Waals surface area contributed by atoms with Crippen LogP contribution in [0.5, 0.6) is 0 Å². The van der Waals surface area contributed by atoms with Gasteiger partial charge in [0.2, 0.25) is 0 Å². The smallest absolute Gasteiger partial charge is 0.129 e. The number of aromatic nitrogens is 2. The maximum absolute atomic E-state index is 5.84. The number of halogens is 1. The van der Waals surface area contributed by atoms with Gasteiger partial charge in [-0.2, -0.15) is 0 Å². The van der Waals surface area contributed by atoms with Crippen LogP contribution in [-0.2, 0) is 4.74 Å². The van der Waals surface area contributed by atoms with Gasteiger partial charge in [0.15, 0.2) is 0 Å². The van der Waals surface area contributed by atoms with E-state index in [1.54, 1.807) is 6.20 Å². The largest absolute Gasteiger partial charge is 0.378 e. The Hall–Kier alpha value is -1.39. The van der Waals surface area contributed by atoms with E-state index in [-0.39, 0.29) is 0 Å². The van der Waals surface area contributed by atoms with Crippen LogP contribution in [0.3, 0.4) is 0 Å². The molecule has 0 aliphatic carbocycles. The molecule has 3 heterocycles. The quantitative estimate of drug-likeness (QED) is 0.726. The number of nitrogens with zero attached hydrogens (tertiary/aromatic N) is 3. The minimum absolute atomic E-state index is 0.499. The van der Waals surface area contributed by atoms with Gasteiger partial charge in [0.1, 0.15) is 11.0 Å². The molecule has 0 aromatic carbocycles. The molecule has 5 heteroatoms. The van der Waals surface area contributed by atoms with E-state index >= 15 is 0 Å². The van der Waals surface area contributed by atoms with Crippen molar-refractivity contribution in [2.24, 2.45) is 0 Å². The zero-order chi connectivity index (χ0) is 11.7. The van der Waals surface area contributed by atoms with E-state index in [2.05, 4.69) is 14.9 Å². The molecule has 3 rings (SSSR count). The summed E-state index contributed by atoms with van der Waals surface area (Å²) in [6.07, 6.45) is 1.71. The number of morpholine rings is 1. The molecule has 0 radical (unpaired) electrons. The van der Waals surface area contributed by atoms with E-state index < -0.39 is 0 Å². The van der Waals surface area contributed by atoms with Crippen LogP contribution in [0, 0.1) is 0 Å². The molecule has 0 unspecified atom stereocenters. The van der Waals surface area contributed by atoms with Gasteiger partial charge < -0.3 is 9.64 Å². The predicted molar refractivity (Wildman–Crippen MR) is 67.6 cm³/mol. The second kappa shape index (κ2) is 4.47. The molecule has 1 aliphatic heterocycles. The minimum atomic E-state index is 0.499. The maximum Gasteiger partial charge on any atom is 0.129 e. The fourth-order valence-electron chi connectivity index (χ4n) is 1.96. The molecule has 17 heavy (non-hydrogen) atoms. The van der Waals surface area contributed by atoms with Crippen molar-refractivity contribution in [3.63, 3.8) is 0 Å². The molecule has 1 saturated heterocycles. The molecule has 0 N–H and O–H groups in total. The Balaban J connectivity index is 1.98. The number of rotatable bonds is 1. The molecule has 1 aliphatic rings. The Kier molecular flexibility index (Phi) is 2.82. The molecule has 0 atom stereocenters. The van der Waals surface area contributed by atoms with Gasteiger partial charge in [-0.1, -0.05) is 11.6 Å². The monoisotopic (exact) mass is 249 g/mol. The van der Waals surface area contributed by atoms with Gasteiger partial charge in [0.25, 0.3) is 0 Å². The average Bonchev–Trinajstić information content (AvgIpc) is 2.39. The SMILES string of the molecule is Clc1cc2ccc(N3CCOCC3)nc2cn1. The molecule has 1 fully saturated rings. The Morgan fingerprint density at radius 2 is 2.06 bits per heavy atom. The molecule has 2 aromatic heterocycles. The van der Waals surface area contributed by atoms with Gasteiger partial charge in [0.05, 0.1) is 24.9 Å². The van der Waals surface area contributed by atoms with Crippen LogP contribution < -0.4 is 4.90 Å². The highest BCUT2D eigenvalue weighted by molar-refractivity contribution is 6.30. The molecular formula is C12H12ClN3O. The van der Waals surface area contributed by atoms with Gasteiger partial charge in [-0.15, -0.1) is 0 Å². The van der Waals surface area contributed by atoms with Gasteiger partial charge in [-0.05, 0) is 18.2 Å². The third-order valence-electron chi connectivity index (χ3n) is 2.86. The normalized spacial score (nSPS) is 16.4. The van der Waals surface area contributed by atoms with Crippen molar-refractivity contribution in [3.05, 3.63) is 29.5 Å². The standard InChI is InChI=1S/C12H12ClN3O/c13-11-7-9-1-2-12(15-10(9)8-14-11)16-3-5-17-6-4-16/h1-2,7-8H,3-6H2. The Bertz CT molecular complexity index is 540. The first-order valence-corrected chi connectivity index (χ1v) is 5.96. The van der Waals surface area contributed by atoms with Crippen molar-refractivity contribution >= 4 is 28.3 Å². The van der Waals surface area contributed by atoms with Crippen LogP contribution in [0.1, 0.15) is 0 Å². The van der Waals surface area contributed by atoms with Gasteiger partial charge in [0, 0.05) is 18.5 Å². The van der Waals surface area contributed by atoms with Crippen LogP contribution in [0.2, 0.25) is 5.15 Å². The van der Waals surface area contributed by atoms with Gasteiger partial charge in [-0.3, -0.25) is 0 Å². The van der Waals surface area contributed by atoms with Crippen molar-refractivity contribution in [1.29, 1.82) is 0 Å². The Morgan fingerprint density at radius 1 is 1.24 bits per heavy atom. The van der Waals surface area contributed by atoms with E-state index in [0.717, 1.165) is 43.0 Å². The molecule has 0 bridgehead atoms. The second-order valence-corrected chi connectivity index (χ2v) is 4.36. The maximum atomic E-state index is 5.84. The van der Waals surface area contributed by atoms with Crippen LogP contribution in [0.4, 0.5) is 5.82 Å². The number of ether oxygens (including phenoxy) is 1. The summed E-state index contributed by atoms with van der Waals surface area (Å²) in [4.78, 5) is 10.9. The molecule has 2 aromatic rings. The zero-order valence-corrected chi connectivity index (χ0v) is 10.0. The highest BCUT2D eigenvalue weighted by atomic mass is 35.5. The molecule has 0 amide bonds. The lowest BCUT2D eigenvalue weighted by Gasteiger charge is -2.27. The highest BCUT2D eigenvalue weighted by Gasteiger charge is 2.12. The molecular weight excluding hydrogens is 238 g/mol. The summed E-state index contributed by atoms with van der Waals surface area (Å²) < 4.78 is 5.33. The number of anilines is 1. The number of fused-ring (bicyclic) bond motifs is 1. The van der Waals surface area contributed by atoms with Crippen LogP contribution in [0.15, 0.2) is 24.4 Å². The summed E-state index contributed by atoms with van der Waals surface area (Å²) in [7, 11) is 0. The molecule has 4 nitrogen and oxygen atoms in total. The summed E-state index contributed by atoms with van der Waals surface area (Å²) in [6, 6.07) is 5.87. The highest BCUT2D eigenvalue weighted by Crippen LogP contribution is 2.20. The molecule has 0 saturated carbocycles. The van der Waals surface area contributed by atoms with Crippen molar-refractivity contribution in [2.45, 2.75) is 0 Å². The number of pyridine rings is 2. The number of hydrogen-bond acceptors (Lipinski definition) is 4. The van der Waals surface area contributed by atoms with Crippen molar-refractivity contribution < 1.29 is 4.74 Å². The second-order valence-electron chi connectivity index (χ2n) is 3.97. The van der Waals surface area contributed by atoms with E-state index in [9.17, 15) is 0 Å². The Morgan fingerprint density at radius 3 is 2.88 bits per heavy atom. The first-order chi connectivity index (χ1) is 8.33. The minimum Gasteiger partial charge on any atom is -0.378 e.